The minimum atomic E-state index is 0.210. The van der Waals surface area contributed by atoms with Crippen LogP contribution in [0.5, 0.6) is 5.75 Å². The summed E-state index contributed by atoms with van der Waals surface area (Å²) in [6.45, 7) is 5.51. The quantitative estimate of drug-likeness (QED) is 0.787. The van der Waals surface area contributed by atoms with Crippen LogP contribution in [0.2, 0.25) is 0 Å². The first kappa shape index (κ1) is 16.8. The highest BCUT2D eigenvalue weighted by Gasteiger charge is 2.22. The van der Waals surface area contributed by atoms with Crippen LogP contribution in [0.15, 0.2) is 24.3 Å². The SMILES string of the molecule is CCOc1ccc(CCCNC(=O)C2CCN(C)CC2)cc1. The van der Waals surface area contributed by atoms with Gasteiger partial charge in [-0.05, 0) is 70.4 Å². The lowest BCUT2D eigenvalue weighted by atomic mass is 9.96. The fourth-order valence-electron chi connectivity index (χ4n) is 2.84. The fraction of sp³-hybridized carbons (Fsp3) is 0.611. The van der Waals surface area contributed by atoms with Gasteiger partial charge in [-0.3, -0.25) is 4.79 Å². The van der Waals surface area contributed by atoms with Crippen LogP contribution >= 0.6 is 0 Å². The first-order chi connectivity index (χ1) is 10.7. The summed E-state index contributed by atoms with van der Waals surface area (Å²) in [5.41, 5.74) is 1.29. The molecule has 0 saturated carbocycles. The Morgan fingerprint density at radius 3 is 2.59 bits per heavy atom. The Balaban J connectivity index is 1.63. The number of nitrogens with one attached hydrogen (secondary N) is 1. The zero-order chi connectivity index (χ0) is 15.8. The molecule has 4 nitrogen and oxygen atoms in total. The number of carbonyl (C=O) groups excluding carboxylic acids is 1. The molecule has 1 aromatic rings. The van der Waals surface area contributed by atoms with Crippen LogP contribution in [0.1, 0.15) is 31.7 Å². The molecular weight excluding hydrogens is 276 g/mol. The number of aryl methyl sites for hydroxylation is 1. The van der Waals surface area contributed by atoms with Crippen molar-refractivity contribution in [3.8, 4) is 5.75 Å². The van der Waals surface area contributed by atoms with Crippen molar-refractivity contribution < 1.29 is 9.53 Å². The number of amides is 1. The average molecular weight is 304 g/mol. The second-order valence-electron chi connectivity index (χ2n) is 6.05. The van der Waals surface area contributed by atoms with Crippen molar-refractivity contribution in [1.29, 1.82) is 0 Å². The predicted octanol–water partition coefficient (Wildman–Crippen LogP) is 2.48. The summed E-state index contributed by atoms with van der Waals surface area (Å²) in [6, 6.07) is 8.22. The molecule has 1 N–H and O–H groups in total. The highest BCUT2D eigenvalue weighted by atomic mass is 16.5. The number of likely N-dealkylation sites (tertiary alicyclic amines) is 1. The Morgan fingerprint density at radius 1 is 1.27 bits per heavy atom. The second kappa shape index (κ2) is 8.79. The van der Waals surface area contributed by atoms with Gasteiger partial charge in [-0.25, -0.2) is 0 Å². The van der Waals surface area contributed by atoms with Crippen LogP contribution in [-0.4, -0.2) is 44.1 Å². The Kier molecular flexibility index (Phi) is 6.72. The third-order valence-electron chi connectivity index (χ3n) is 4.27. The third kappa shape index (κ3) is 5.34. The van der Waals surface area contributed by atoms with Crippen molar-refractivity contribution in [2.45, 2.75) is 32.6 Å². The smallest absolute Gasteiger partial charge is 0.223 e. The zero-order valence-corrected chi connectivity index (χ0v) is 13.8. The van der Waals surface area contributed by atoms with E-state index in [1.807, 2.05) is 19.1 Å². The molecule has 0 bridgehead atoms. The number of rotatable bonds is 7. The highest BCUT2D eigenvalue weighted by Crippen LogP contribution is 2.16. The lowest BCUT2D eigenvalue weighted by Gasteiger charge is -2.28. The van der Waals surface area contributed by atoms with E-state index in [4.69, 9.17) is 4.74 Å². The van der Waals surface area contributed by atoms with Crippen LogP contribution < -0.4 is 10.1 Å². The van der Waals surface area contributed by atoms with Gasteiger partial charge in [-0.1, -0.05) is 12.1 Å². The number of hydrogen-bond acceptors (Lipinski definition) is 3. The molecule has 0 radical (unpaired) electrons. The number of hydrogen-bond donors (Lipinski definition) is 1. The Bertz CT molecular complexity index is 451. The first-order valence-corrected chi connectivity index (χ1v) is 8.37. The molecule has 2 rings (SSSR count). The minimum absolute atomic E-state index is 0.210. The van der Waals surface area contributed by atoms with E-state index in [9.17, 15) is 4.79 Å². The molecule has 0 spiro atoms. The maximum absolute atomic E-state index is 12.1. The maximum Gasteiger partial charge on any atom is 0.223 e. The highest BCUT2D eigenvalue weighted by molar-refractivity contribution is 5.78. The fourth-order valence-corrected chi connectivity index (χ4v) is 2.84. The largest absolute Gasteiger partial charge is 0.494 e. The Hall–Kier alpha value is -1.55. The zero-order valence-electron chi connectivity index (χ0n) is 13.8. The number of piperidine rings is 1. The van der Waals surface area contributed by atoms with Gasteiger partial charge >= 0.3 is 0 Å². The van der Waals surface area contributed by atoms with Gasteiger partial charge in [0.05, 0.1) is 6.61 Å². The van der Waals surface area contributed by atoms with Gasteiger partial charge in [-0.2, -0.15) is 0 Å². The summed E-state index contributed by atoms with van der Waals surface area (Å²) >= 11 is 0. The van der Waals surface area contributed by atoms with E-state index in [0.29, 0.717) is 6.61 Å². The lowest BCUT2D eigenvalue weighted by Crippen LogP contribution is -2.39. The molecule has 4 heteroatoms. The number of benzene rings is 1. The van der Waals surface area contributed by atoms with E-state index >= 15 is 0 Å². The second-order valence-corrected chi connectivity index (χ2v) is 6.05. The molecular formula is C18H28N2O2. The molecule has 1 amide bonds. The molecule has 1 aliphatic rings. The van der Waals surface area contributed by atoms with Crippen molar-refractivity contribution in [2.75, 3.05) is 33.3 Å². The van der Waals surface area contributed by atoms with Crippen molar-refractivity contribution >= 4 is 5.91 Å². The molecule has 0 unspecified atom stereocenters. The molecule has 1 saturated heterocycles. The number of nitrogens with zero attached hydrogens (tertiary/aromatic N) is 1. The van der Waals surface area contributed by atoms with Gasteiger partial charge in [0.1, 0.15) is 5.75 Å². The molecule has 22 heavy (non-hydrogen) atoms. The van der Waals surface area contributed by atoms with Crippen LogP contribution in [0.25, 0.3) is 0 Å². The van der Waals surface area contributed by atoms with Gasteiger partial charge in [0, 0.05) is 12.5 Å². The molecule has 1 aromatic carbocycles. The average Bonchev–Trinajstić information content (AvgIpc) is 2.54. The molecule has 1 heterocycles. The van der Waals surface area contributed by atoms with Crippen molar-refractivity contribution in [2.24, 2.45) is 5.92 Å². The topological polar surface area (TPSA) is 41.6 Å². The van der Waals surface area contributed by atoms with E-state index in [1.165, 1.54) is 5.56 Å². The lowest BCUT2D eigenvalue weighted by molar-refractivity contribution is -0.126. The predicted molar refractivity (Wildman–Crippen MR) is 89.2 cm³/mol. The summed E-state index contributed by atoms with van der Waals surface area (Å²) in [7, 11) is 2.12. The van der Waals surface area contributed by atoms with Gasteiger partial charge in [0.2, 0.25) is 5.91 Å². The molecule has 0 atom stereocenters. The van der Waals surface area contributed by atoms with Gasteiger partial charge in [0.15, 0.2) is 0 Å². The maximum atomic E-state index is 12.1. The van der Waals surface area contributed by atoms with E-state index in [0.717, 1.165) is 51.1 Å². The number of carbonyl (C=O) groups is 1. The monoisotopic (exact) mass is 304 g/mol. The third-order valence-corrected chi connectivity index (χ3v) is 4.27. The van der Waals surface area contributed by atoms with E-state index < -0.39 is 0 Å². The van der Waals surface area contributed by atoms with Crippen LogP contribution in [0.3, 0.4) is 0 Å². The minimum Gasteiger partial charge on any atom is -0.494 e. The summed E-state index contributed by atoms with van der Waals surface area (Å²) in [4.78, 5) is 14.4. The van der Waals surface area contributed by atoms with Crippen LogP contribution in [0, 0.1) is 5.92 Å². The normalized spacial score (nSPS) is 16.5. The summed E-state index contributed by atoms with van der Waals surface area (Å²) in [5.74, 6) is 1.36. The van der Waals surface area contributed by atoms with Crippen molar-refractivity contribution in [3.05, 3.63) is 29.8 Å². The molecule has 1 fully saturated rings. The van der Waals surface area contributed by atoms with E-state index in [-0.39, 0.29) is 11.8 Å². The molecule has 0 aromatic heterocycles. The van der Waals surface area contributed by atoms with Gasteiger partial charge < -0.3 is 15.0 Å². The molecule has 122 valence electrons. The summed E-state index contributed by atoms with van der Waals surface area (Å²) in [6.07, 6.45) is 3.94. The Labute approximate surface area is 133 Å². The van der Waals surface area contributed by atoms with Crippen molar-refractivity contribution in [1.82, 2.24) is 10.2 Å². The van der Waals surface area contributed by atoms with Crippen molar-refractivity contribution in [3.63, 3.8) is 0 Å². The standard InChI is InChI=1S/C18H28N2O2/c1-3-22-17-8-6-15(7-9-17)5-4-12-19-18(21)16-10-13-20(2)14-11-16/h6-9,16H,3-5,10-14H2,1-2H3,(H,19,21). The first-order valence-electron chi connectivity index (χ1n) is 8.37. The Morgan fingerprint density at radius 2 is 1.95 bits per heavy atom. The van der Waals surface area contributed by atoms with Crippen LogP contribution in [0.4, 0.5) is 0 Å². The number of ether oxygens (including phenoxy) is 1. The van der Waals surface area contributed by atoms with Gasteiger partial charge in [-0.15, -0.1) is 0 Å². The molecule has 1 aliphatic heterocycles. The van der Waals surface area contributed by atoms with Gasteiger partial charge in [0.25, 0.3) is 0 Å². The van der Waals surface area contributed by atoms with Crippen LogP contribution in [-0.2, 0) is 11.2 Å². The van der Waals surface area contributed by atoms with E-state index in [2.05, 4.69) is 29.4 Å². The van der Waals surface area contributed by atoms with E-state index in [1.54, 1.807) is 0 Å². The summed E-state index contributed by atoms with van der Waals surface area (Å²) < 4.78 is 5.43. The summed E-state index contributed by atoms with van der Waals surface area (Å²) in [5, 5.41) is 3.09. The molecule has 0 aliphatic carbocycles.